The van der Waals surface area contributed by atoms with E-state index in [0.717, 1.165) is 18.8 Å². The average molecular weight is 184 g/mol. The zero-order valence-electron chi connectivity index (χ0n) is 6.70. The van der Waals surface area contributed by atoms with Crippen molar-refractivity contribution in [1.29, 1.82) is 0 Å². The lowest BCUT2D eigenvalue weighted by Crippen LogP contribution is -2.18. The molecule has 0 bridgehead atoms. The molecule has 1 fully saturated rings. The van der Waals surface area contributed by atoms with Gasteiger partial charge in [0, 0.05) is 13.1 Å². The summed E-state index contributed by atoms with van der Waals surface area (Å²) >= 11 is 5.89. The first-order valence-corrected chi connectivity index (χ1v) is 4.48. The normalized spacial score (nSPS) is 16.9. The van der Waals surface area contributed by atoms with E-state index in [9.17, 15) is 0 Å². The van der Waals surface area contributed by atoms with Gasteiger partial charge in [-0.05, 0) is 18.9 Å². The van der Waals surface area contributed by atoms with Crippen LogP contribution in [0.25, 0.3) is 0 Å². The number of rotatable bonds is 1. The van der Waals surface area contributed by atoms with Crippen molar-refractivity contribution in [3.05, 3.63) is 17.4 Å². The van der Waals surface area contributed by atoms with Crippen LogP contribution in [0, 0.1) is 0 Å². The first-order valence-electron chi connectivity index (χ1n) is 4.10. The van der Waals surface area contributed by atoms with Gasteiger partial charge in [0.15, 0.2) is 5.15 Å². The van der Waals surface area contributed by atoms with Crippen LogP contribution < -0.4 is 4.90 Å². The van der Waals surface area contributed by atoms with Gasteiger partial charge in [0.1, 0.15) is 0 Å². The van der Waals surface area contributed by atoms with Gasteiger partial charge in [-0.2, -0.15) is 5.10 Å². The largest absolute Gasteiger partial charge is 0.369 e. The van der Waals surface area contributed by atoms with Crippen molar-refractivity contribution in [3.63, 3.8) is 0 Å². The Hall–Kier alpha value is -0.830. The molecule has 1 saturated heterocycles. The molecule has 12 heavy (non-hydrogen) atoms. The summed E-state index contributed by atoms with van der Waals surface area (Å²) in [6.07, 6.45) is 4.18. The van der Waals surface area contributed by atoms with E-state index in [1.807, 2.05) is 6.07 Å². The van der Waals surface area contributed by atoms with Crippen molar-refractivity contribution in [2.75, 3.05) is 18.0 Å². The summed E-state index contributed by atoms with van der Waals surface area (Å²) in [6, 6.07) is 1.92. The number of anilines is 1. The molecule has 0 aromatic carbocycles. The molecule has 0 aliphatic carbocycles. The highest BCUT2D eigenvalue weighted by Gasteiger charge is 2.15. The molecule has 64 valence electrons. The zero-order chi connectivity index (χ0) is 8.39. The lowest BCUT2D eigenvalue weighted by molar-refractivity contribution is 0.937. The molecule has 0 saturated carbocycles. The van der Waals surface area contributed by atoms with Crippen LogP contribution >= 0.6 is 11.6 Å². The van der Waals surface area contributed by atoms with E-state index < -0.39 is 0 Å². The van der Waals surface area contributed by atoms with E-state index in [2.05, 4.69) is 15.1 Å². The molecule has 3 nitrogen and oxygen atoms in total. The van der Waals surface area contributed by atoms with E-state index in [0.29, 0.717) is 5.15 Å². The Balaban J connectivity index is 2.26. The predicted molar refractivity (Wildman–Crippen MR) is 48.5 cm³/mol. The SMILES string of the molecule is Clc1nnccc1N1CCCC1. The maximum Gasteiger partial charge on any atom is 0.174 e. The van der Waals surface area contributed by atoms with Gasteiger partial charge in [0.2, 0.25) is 0 Å². The Kier molecular flexibility index (Phi) is 2.13. The summed E-state index contributed by atoms with van der Waals surface area (Å²) in [4.78, 5) is 2.25. The third-order valence-electron chi connectivity index (χ3n) is 2.10. The summed E-state index contributed by atoms with van der Waals surface area (Å²) in [5, 5.41) is 8.02. The van der Waals surface area contributed by atoms with Crippen LogP contribution in [0.5, 0.6) is 0 Å². The van der Waals surface area contributed by atoms with E-state index in [1.54, 1.807) is 6.20 Å². The molecular weight excluding hydrogens is 174 g/mol. The fourth-order valence-electron chi connectivity index (χ4n) is 1.50. The Morgan fingerprint density at radius 1 is 1.33 bits per heavy atom. The van der Waals surface area contributed by atoms with Crippen LogP contribution in [-0.4, -0.2) is 23.3 Å². The van der Waals surface area contributed by atoms with Crippen LogP contribution in [0.2, 0.25) is 5.15 Å². The molecule has 0 radical (unpaired) electrons. The summed E-state index contributed by atoms with van der Waals surface area (Å²) < 4.78 is 0. The first-order chi connectivity index (χ1) is 5.88. The Morgan fingerprint density at radius 3 is 2.75 bits per heavy atom. The van der Waals surface area contributed by atoms with Gasteiger partial charge in [0.25, 0.3) is 0 Å². The summed E-state index contributed by atoms with van der Waals surface area (Å²) in [5.41, 5.74) is 1.02. The molecule has 0 spiro atoms. The summed E-state index contributed by atoms with van der Waals surface area (Å²) in [5.74, 6) is 0. The molecule has 1 aromatic heterocycles. The van der Waals surface area contributed by atoms with E-state index >= 15 is 0 Å². The molecule has 0 amide bonds. The summed E-state index contributed by atoms with van der Waals surface area (Å²) in [6.45, 7) is 2.18. The zero-order valence-corrected chi connectivity index (χ0v) is 7.46. The number of aromatic nitrogens is 2. The maximum atomic E-state index is 5.89. The second kappa shape index (κ2) is 3.27. The van der Waals surface area contributed by atoms with Gasteiger partial charge in [-0.1, -0.05) is 11.6 Å². The van der Waals surface area contributed by atoms with Crippen LogP contribution in [0.4, 0.5) is 5.69 Å². The average Bonchev–Trinajstić information content (AvgIpc) is 2.57. The van der Waals surface area contributed by atoms with E-state index in [-0.39, 0.29) is 0 Å². The Labute approximate surface area is 76.4 Å². The molecular formula is C8H10ClN3. The maximum absolute atomic E-state index is 5.89. The predicted octanol–water partition coefficient (Wildman–Crippen LogP) is 1.73. The molecule has 4 heteroatoms. The fraction of sp³-hybridized carbons (Fsp3) is 0.500. The molecule has 1 aromatic rings. The van der Waals surface area contributed by atoms with Crippen molar-refractivity contribution < 1.29 is 0 Å². The topological polar surface area (TPSA) is 29.0 Å². The van der Waals surface area contributed by atoms with Crippen LogP contribution in [-0.2, 0) is 0 Å². The number of hydrogen-bond donors (Lipinski definition) is 0. The van der Waals surface area contributed by atoms with Crippen molar-refractivity contribution in [2.24, 2.45) is 0 Å². The highest BCUT2D eigenvalue weighted by molar-refractivity contribution is 6.31. The minimum absolute atomic E-state index is 0.513. The molecule has 0 N–H and O–H groups in total. The highest BCUT2D eigenvalue weighted by Crippen LogP contribution is 2.25. The molecule has 2 heterocycles. The number of nitrogens with zero attached hydrogens (tertiary/aromatic N) is 3. The van der Waals surface area contributed by atoms with Gasteiger partial charge in [-0.25, -0.2) is 0 Å². The van der Waals surface area contributed by atoms with Gasteiger partial charge < -0.3 is 4.90 Å². The van der Waals surface area contributed by atoms with Crippen molar-refractivity contribution in [1.82, 2.24) is 10.2 Å². The van der Waals surface area contributed by atoms with Gasteiger partial charge in [-0.3, -0.25) is 0 Å². The standard InChI is InChI=1S/C8H10ClN3/c9-8-7(3-4-10-11-8)12-5-1-2-6-12/h3-4H,1-2,5-6H2. The number of halogens is 1. The van der Waals surface area contributed by atoms with Gasteiger partial charge >= 0.3 is 0 Å². The van der Waals surface area contributed by atoms with E-state index in [1.165, 1.54) is 12.8 Å². The highest BCUT2D eigenvalue weighted by atomic mass is 35.5. The molecule has 1 aliphatic rings. The lowest BCUT2D eigenvalue weighted by atomic mass is 10.4. The van der Waals surface area contributed by atoms with Crippen molar-refractivity contribution in [3.8, 4) is 0 Å². The van der Waals surface area contributed by atoms with Crippen LogP contribution in [0.15, 0.2) is 12.3 Å². The molecule has 0 atom stereocenters. The first kappa shape index (κ1) is 7.80. The minimum atomic E-state index is 0.513. The monoisotopic (exact) mass is 183 g/mol. The Morgan fingerprint density at radius 2 is 2.08 bits per heavy atom. The molecule has 2 rings (SSSR count). The van der Waals surface area contributed by atoms with E-state index in [4.69, 9.17) is 11.6 Å². The second-order valence-electron chi connectivity index (χ2n) is 2.90. The lowest BCUT2D eigenvalue weighted by Gasteiger charge is -2.17. The molecule has 1 aliphatic heterocycles. The van der Waals surface area contributed by atoms with Crippen LogP contribution in [0.1, 0.15) is 12.8 Å². The van der Waals surface area contributed by atoms with Crippen LogP contribution in [0.3, 0.4) is 0 Å². The Bertz CT molecular complexity index is 271. The summed E-state index contributed by atoms with van der Waals surface area (Å²) in [7, 11) is 0. The van der Waals surface area contributed by atoms with Gasteiger partial charge in [-0.15, -0.1) is 5.10 Å². The second-order valence-corrected chi connectivity index (χ2v) is 3.26. The van der Waals surface area contributed by atoms with Crippen molar-refractivity contribution in [2.45, 2.75) is 12.8 Å². The fourth-order valence-corrected chi connectivity index (χ4v) is 1.73. The molecule has 0 unspecified atom stereocenters. The third kappa shape index (κ3) is 1.37. The smallest absolute Gasteiger partial charge is 0.174 e. The number of hydrogen-bond acceptors (Lipinski definition) is 3. The third-order valence-corrected chi connectivity index (χ3v) is 2.37. The van der Waals surface area contributed by atoms with Crippen molar-refractivity contribution >= 4 is 17.3 Å². The quantitative estimate of drug-likeness (QED) is 0.664. The van der Waals surface area contributed by atoms with Gasteiger partial charge in [0.05, 0.1) is 11.9 Å². The minimum Gasteiger partial charge on any atom is -0.369 e.